The van der Waals surface area contributed by atoms with Gasteiger partial charge in [0.2, 0.25) is 5.88 Å². The maximum absolute atomic E-state index is 5.69. The molecule has 1 saturated heterocycles. The number of hydrogen-bond donors (Lipinski definition) is 2. The van der Waals surface area contributed by atoms with E-state index in [9.17, 15) is 0 Å². The quantitative estimate of drug-likeness (QED) is 0.634. The molecule has 0 aliphatic carbocycles. The standard InChI is InChI=1S/C23H31N7O2/c1-15-10-19(12-25-23(15)31-3)30-22-20(6-9-32-14-26-22)21(28-30)18-11-27-29(13-18)16(2)17-4-7-24-8-5-17/h10-13,16-17,24,26H,4-9,14H2,1-3H3. The Labute approximate surface area is 188 Å². The molecular weight excluding hydrogens is 406 g/mol. The van der Waals surface area contributed by atoms with Gasteiger partial charge in [0.25, 0.3) is 0 Å². The Hall–Kier alpha value is -2.91. The first-order valence-electron chi connectivity index (χ1n) is 11.4. The Bertz CT molecular complexity index is 1080. The summed E-state index contributed by atoms with van der Waals surface area (Å²) < 4.78 is 15.0. The van der Waals surface area contributed by atoms with Crippen LogP contribution in [0, 0.1) is 12.8 Å². The summed E-state index contributed by atoms with van der Waals surface area (Å²) >= 11 is 0. The Morgan fingerprint density at radius 3 is 2.88 bits per heavy atom. The van der Waals surface area contributed by atoms with Gasteiger partial charge in [0, 0.05) is 29.3 Å². The van der Waals surface area contributed by atoms with Crippen molar-refractivity contribution in [3.8, 4) is 22.8 Å². The molecule has 2 aliphatic heterocycles. The second kappa shape index (κ2) is 8.91. The van der Waals surface area contributed by atoms with Crippen molar-refractivity contribution in [2.75, 3.05) is 38.9 Å². The van der Waals surface area contributed by atoms with E-state index in [1.165, 1.54) is 12.8 Å². The second-order valence-corrected chi connectivity index (χ2v) is 8.62. The van der Waals surface area contributed by atoms with Gasteiger partial charge in [-0.15, -0.1) is 0 Å². The Kier molecular flexibility index (Phi) is 5.84. The van der Waals surface area contributed by atoms with E-state index in [0.29, 0.717) is 31.2 Å². The molecule has 3 aromatic rings. The van der Waals surface area contributed by atoms with E-state index in [1.807, 2.05) is 23.9 Å². The molecule has 0 bridgehead atoms. The highest BCUT2D eigenvalue weighted by Crippen LogP contribution is 2.34. The minimum Gasteiger partial charge on any atom is -0.481 e. The van der Waals surface area contributed by atoms with Crippen LogP contribution in [0.3, 0.4) is 0 Å². The number of nitrogens with one attached hydrogen (secondary N) is 2. The van der Waals surface area contributed by atoms with Crippen LogP contribution in [0.5, 0.6) is 5.88 Å². The smallest absolute Gasteiger partial charge is 0.216 e. The number of rotatable bonds is 5. The summed E-state index contributed by atoms with van der Waals surface area (Å²) in [6.45, 7) is 7.53. The van der Waals surface area contributed by atoms with Gasteiger partial charge in [0.15, 0.2) is 0 Å². The number of fused-ring (bicyclic) bond motifs is 1. The zero-order chi connectivity index (χ0) is 22.1. The van der Waals surface area contributed by atoms with Gasteiger partial charge in [-0.05, 0) is 51.8 Å². The highest BCUT2D eigenvalue weighted by molar-refractivity contribution is 5.70. The minimum atomic E-state index is 0.362. The van der Waals surface area contributed by atoms with E-state index in [0.717, 1.165) is 53.4 Å². The molecule has 1 unspecified atom stereocenters. The van der Waals surface area contributed by atoms with Crippen LogP contribution in [0.25, 0.3) is 16.9 Å². The van der Waals surface area contributed by atoms with Gasteiger partial charge in [-0.3, -0.25) is 4.68 Å². The van der Waals surface area contributed by atoms with Crippen LogP contribution in [0.15, 0.2) is 24.7 Å². The first kappa shape index (κ1) is 21.0. The molecule has 1 fully saturated rings. The summed E-state index contributed by atoms with van der Waals surface area (Å²) in [5, 5.41) is 16.6. The molecule has 9 heteroatoms. The van der Waals surface area contributed by atoms with Crippen LogP contribution in [0.1, 0.15) is 36.9 Å². The lowest BCUT2D eigenvalue weighted by Gasteiger charge is -2.28. The molecule has 0 amide bonds. The van der Waals surface area contributed by atoms with Crippen LogP contribution in [0.2, 0.25) is 0 Å². The summed E-state index contributed by atoms with van der Waals surface area (Å²) in [5.41, 5.74) is 4.96. The van der Waals surface area contributed by atoms with Gasteiger partial charge >= 0.3 is 0 Å². The van der Waals surface area contributed by atoms with E-state index < -0.39 is 0 Å². The summed E-state index contributed by atoms with van der Waals surface area (Å²) in [6.07, 6.45) is 9.03. The molecule has 0 spiro atoms. The van der Waals surface area contributed by atoms with Gasteiger partial charge in [-0.2, -0.15) is 10.2 Å². The van der Waals surface area contributed by atoms with Gasteiger partial charge in [-0.1, -0.05) is 0 Å². The molecule has 2 aliphatic rings. The molecule has 2 N–H and O–H groups in total. The zero-order valence-electron chi connectivity index (χ0n) is 19.0. The van der Waals surface area contributed by atoms with E-state index in [4.69, 9.17) is 19.7 Å². The number of ether oxygens (including phenoxy) is 2. The number of piperidine rings is 1. The van der Waals surface area contributed by atoms with Crippen LogP contribution >= 0.6 is 0 Å². The SMILES string of the molecule is COc1ncc(-n2nc(-c3cnn(C(C)C4CCNCC4)c3)c3c2NCOCC3)cc1C. The van der Waals surface area contributed by atoms with Crippen molar-refractivity contribution < 1.29 is 9.47 Å². The first-order valence-corrected chi connectivity index (χ1v) is 11.4. The topological polar surface area (TPSA) is 91.0 Å². The van der Waals surface area contributed by atoms with Crippen molar-refractivity contribution in [1.29, 1.82) is 0 Å². The summed E-state index contributed by atoms with van der Waals surface area (Å²) in [4.78, 5) is 4.44. The summed E-state index contributed by atoms with van der Waals surface area (Å²) in [6, 6.07) is 2.40. The van der Waals surface area contributed by atoms with Gasteiger partial charge < -0.3 is 20.1 Å². The molecule has 0 aromatic carbocycles. The monoisotopic (exact) mass is 437 g/mol. The van der Waals surface area contributed by atoms with Crippen LogP contribution < -0.4 is 15.4 Å². The molecule has 170 valence electrons. The van der Waals surface area contributed by atoms with Crippen LogP contribution in [0.4, 0.5) is 5.82 Å². The molecule has 0 saturated carbocycles. The maximum atomic E-state index is 5.69. The molecule has 0 radical (unpaired) electrons. The van der Waals surface area contributed by atoms with Crippen molar-refractivity contribution in [3.63, 3.8) is 0 Å². The van der Waals surface area contributed by atoms with Crippen molar-refractivity contribution in [2.24, 2.45) is 5.92 Å². The third-order valence-electron chi connectivity index (χ3n) is 6.63. The van der Waals surface area contributed by atoms with Gasteiger partial charge in [-0.25, -0.2) is 9.67 Å². The van der Waals surface area contributed by atoms with Crippen LogP contribution in [-0.4, -0.2) is 58.1 Å². The fourth-order valence-corrected chi connectivity index (χ4v) is 4.76. The van der Waals surface area contributed by atoms with Crippen molar-refractivity contribution in [1.82, 2.24) is 29.9 Å². The van der Waals surface area contributed by atoms with E-state index in [2.05, 4.69) is 33.4 Å². The average molecular weight is 438 g/mol. The van der Waals surface area contributed by atoms with Crippen molar-refractivity contribution in [3.05, 3.63) is 35.8 Å². The molecule has 5 heterocycles. The molecule has 3 aromatic heterocycles. The highest BCUT2D eigenvalue weighted by atomic mass is 16.5. The fourth-order valence-electron chi connectivity index (χ4n) is 4.76. The number of methoxy groups -OCH3 is 1. The van der Waals surface area contributed by atoms with Gasteiger partial charge in [0.1, 0.15) is 18.2 Å². The van der Waals surface area contributed by atoms with E-state index >= 15 is 0 Å². The Balaban J connectivity index is 1.52. The average Bonchev–Trinajstić information content (AvgIpc) is 3.37. The lowest BCUT2D eigenvalue weighted by molar-refractivity contribution is 0.159. The van der Waals surface area contributed by atoms with Gasteiger partial charge in [0.05, 0.1) is 37.8 Å². The number of anilines is 1. The fraction of sp³-hybridized carbons (Fsp3) is 0.522. The molecule has 1 atom stereocenters. The predicted octanol–water partition coefficient (Wildman–Crippen LogP) is 2.95. The zero-order valence-corrected chi connectivity index (χ0v) is 19.0. The summed E-state index contributed by atoms with van der Waals surface area (Å²) in [7, 11) is 1.63. The number of hydrogen-bond acceptors (Lipinski definition) is 7. The van der Waals surface area contributed by atoms with Crippen molar-refractivity contribution in [2.45, 2.75) is 39.2 Å². The third-order valence-corrected chi connectivity index (χ3v) is 6.63. The second-order valence-electron chi connectivity index (χ2n) is 8.62. The Morgan fingerprint density at radius 1 is 1.25 bits per heavy atom. The predicted molar refractivity (Wildman–Crippen MR) is 122 cm³/mol. The lowest BCUT2D eigenvalue weighted by atomic mass is 9.91. The van der Waals surface area contributed by atoms with Crippen LogP contribution in [-0.2, 0) is 11.2 Å². The number of aryl methyl sites for hydroxylation is 1. The highest BCUT2D eigenvalue weighted by Gasteiger charge is 2.25. The third kappa shape index (κ3) is 3.86. The molecule has 5 rings (SSSR count). The molecular formula is C23H31N7O2. The normalized spacial score (nSPS) is 18.0. The summed E-state index contributed by atoms with van der Waals surface area (Å²) in [5.74, 6) is 2.21. The minimum absolute atomic E-state index is 0.362. The Morgan fingerprint density at radius 2 is 2.09 bits per heavy atom. The molecule has 32 heavy (non-hydrogen) atoms. The number of pyridine rings is 1. The maximum Gasteiger partial charge on any atom is 0.216 e. The van der Waals surface area contributed by atoms with Crippen molar-refractivity contribution >= 4 is 5.82 Å². The number of nitrogens with zero attached hydrogens (tertiary/aromatic N) is 5. The van der Waals surface area contributed by atoms with E-state index in [-0.39, 0.29) is 0 Å². The number of aromatic nitrogens is 5. The largest absolute Gasteiger partial charge is 0.481 e. The molecule has 9 nitrogen and oxygen atoms in total. The van der Waals surface area contributed by atoms with E-state index in [1.54, 1.807) is 13.3 Å². The lowest BCUT2D eigenvalue weighted by Crippen LogP contribution is -2.31. The first-order chi connectivity index (χ1) is 15.7.